The van der Waals surface area contributed by atoms with Gasteiger partial charge in [-0.15, -0.1) is 10.2 Å². The zero-order valence-electron chi connectivity index (χ0n) is 17.6. The smallest absolute Gasteiger partial charge is 0.237 e. The summed E-state index contributed by atoms with van der Waals surface area (Å²) in [6.07, 6.45) is 0. The van der Waals surface area contributed by atoms with Crippen LogP contribution in [-0.2, 0) is 5.75 Å². The first-order valence-corrected chi connectivity index (χ1v) is 11.4. The number of hydrogen-bond acceptors (Lipinski definition) is 7. The van der Waals surface area contributed by atoms with Crippen LogP contribution in [0.25, 0.3) is 28.5 Å². The molecule has 0 N–H and O–H groups in total. The molecule has 0 saturated carbocycles. The van der Waals surface area contributed by atoms with Crippen LogP contribution in [0.4, 0.5) is 0 Å². The van der Waals surface area contributed by atoms with Crippen LogP contribution in [0, 0.1) is 0 Å². The van der Waals surface area contributed by atoms with Gasteiger partial charge in [0, 0.05) is 16.3 Å². The lowest BCUT2D eigenvalue weighted by Crippen LogP contribution is -1.99. The molecular formula is C24H18ClN5O2S. The molecule has 0 aliphatic rings. The SMILES string of the molecule is COc1ccccc1-c1noc(CSc2nnc(-c3ccccc3)n2-c2ccc(Cl)cc2)n1. The molecule has 0 saturated heterocycles. The highest BCUT2D eigenvalue weighted by molar-refractivity contribution is 7.98. The van der Waals surface area contributed by atoms with Gasteiger partial charge in [-0.2, -0.15) is 4.98 Å². The quantitative estimate of drug-likeness (QED) is 0.269. The minimum Gasteiger partial charge on any atom is -0.496 e. The molecule has 0 atom stereocenters. The van der Waals surface area contributed by atoms with Gasteiger partial charge in [-0.1, -0.05) is 71.0 Å². The summed E-state index contributed by atoms with van der Waals surface area (Å²) in [5.41, 5.74) is 2.64. The maximum atomic E-state index is 6.10. The van der Waals surface area contributed by atoms with E-state index in [1.54, 1.807) is 7.11 Å². The Morgan fingerprint density at radius 2 is 1.70 bits per heavy atom. The molecule has 0 aliphatic heterocycles. The summed E-state index contributed by atoms with van der Waals surface area (Å²) in [5.74, 6) is 2.82. The molecule has 5 aromatic rings. The number of aromatic nitrogens is 5. The van der Waals surface area contributed by atoms with Crippen molar-refractivity contribution in [3.8, 4) is 34.2 Å². The fourth-order valence-corrected chi connectivity index (χ4v) is 4.25. The highest BCUT2D eigenvalue weighted by atomic mass is 35.5. The van der Waals surface area contributed by atoms with E-state index in [-0.39, 0.29) is 0 Å². The van der Waals surface area contributed by atoms with E-state index < -0.39 is 0 Å². The van der Waals surface area contributed by atoms with Crippen molar-refractivity contribution in [2.45, 2.75) is 10.9 Å². The number of thioether (sulfide) groups is 1. The van der Waals surface area contributed by atoms with Gasteiger partial charge < -0.3 is 9.26 Å². The maximum Gasteiger partial charge on any atom is 0.237 e. The van der Waals surface area contributed by atoms with Crippen LogP contribution in [0.3, 0.4) is 0 Å². The first kappa shape index (κ1) is 21.2. The fraction of sp³-hybridized carbons (Fsp3) is 0.0833. The molecule has 164 valence electrons. The van der Waals surface area contributed by atoms with Crippen LogP contribution in [0.2, 0.25) is 5.02 Å². The van der Waals surface area contributed by atoms with Gasteiger partial charge >= 0.3 is 0 Å². The lowest BCUT2D eigenvalue weighted by atomic mass is 10.2. The Labute approximate surface area is 199 Å². The Morgan fingerprint density at radius 1 is 0.939 bits per heavy atom. The molecule has 7 nitrogen and oxygen atoms in total. The summed E-state index contributed by atoms with van der Waals surface area (Å²) in [6.45, 7) is 0. The molecule has 0 radical (unpaired) electrons. The van der Waals surface area contributed by atoms with Crippen molar-refractivity contribution in [3.05, 3.63) is 89.8 Å². The molecule has 2 heterocycles. The van der Waals surface area contributed by atoms with Crippen LogP contribution in [0.15, 0.2) is 88.5 Å². The van der Waals surface area contributed by atoms with E-state index in [9.17, 15) is 0 Å². The third-order valence-corrected chi connectivity index (χ3v) is 6.06. The summed E-state index contributed by atoms with van der Waals surface area (Å²) < 4.78 is 12.9. The Bertz CT molecular complexity index is 1370. The van der Waals surface area contributed by atoms with E-state index in [0.717, 1.165) is 22.6 Å². The van der Waals surface area contributed by atoms with Crippen LogP contribution in [0.5, 0.6) is 5.75 Å². The van der Waals surface area contributed by atoms with Gasteiger partial charge in [0.2, 0.25) is 11.7 Å². The number of halogens is 1. The molecule has 0 aliphatic carbocycles. The minimum atomic E-state index is 0.433. The van der Waals surface area contributed by atoms with Gasteiger partial charge in [0.05, 0.1) is 18.4 Å². The predicted molar refractivity (Wildman–Crippen MR) is 128 cm³/mol. The second-order valence-electron chi connectivity index (χ2n) is 6.98. The van der Waals surface area contributed by atoms with Crippen LogP contribution in [0.1, 0.15) is 5.89 Å². The van der Waals surface area contributed by atoms with E-state index in [2.05, 4.69) is 20.3 Å². The van der Waals surface area contributed by atoms with E-state index in [1.165, 1.54) is 11.8 Å². The Hall–Kier alpha value is -3.62. The Kier molecular flexibility index (Phi) is 6.10. The standard InChI is InChI=1S/C24H18ClN5O2S/c1-31-20-10-6-5-9-19(20)22-26-21(32-29-22)15-33-24-28-27-23(16-7-3-2-4-8-16)30(24)18-13-11-17(25)12-14-18/h2-14H,15H2,1H3. The first-order valence-electron chi connectivity index (χ1n) is 10.1. The van der Waals surface area contributed by atoms with Crippen molar-refractivity contribution in [1.29, 1.82) is 0 Å². The number of nitrogens with zero attached hydrogens (tertiary/aromatic N) is 5. The average Bonchev–Trinajstić information content (AvgIpc) is 3.51. The summed E-state index contributed by atoms with van der Waals surface area (Å²) >= 11 is 7.57. The second kappa shape index (κ2) is 9.48. The molecule has 0 bridgehead atoms. The van der Waals surface area contributed by atoms with Gasteiger partial charge in [0.1, 0.15) is 5.75 Å². The number of methoxy groups -OCH3 is 1. The van der Waals surface area contributed by atoms with Crippen LogP contribution >= 0.6 is 23.4 Å². The maximum absolute atomic E-state index is 6.10. The minimum absolute atomic E-state index is 0.433. The monoisotopic (exact) mass is 475 g/mol. The van der Waals surface area contributed by atoms with Crippen LogP contribution in [-0.4, -0.2) is 32.0 Å². The molecule has 0 spiro atoms. The molecule has 9 heteroatoms. The topological polar surface area (TPSA) is 78.9 Å². The molecular weight excluding hydrogens is 458 g/mol. The van der Waals surface area contributed by atoms with Crippen LogP contribution < -0.4 is 4.74 Å². The molecule has 2 aromatic heterocycles. The zero-order chi connectivity index (χ0) is 22.6. The van der Waals surface area contributed by atoms with Gasteiger partial charge in [-0.25, -0.2) is 0 Å². The largest absolute Gasteiger partial charge is 0.496 e. The van der Waals surface area contributed by atoms with Crippen molar-refractivity contribution in [2.24, 2.45) is 0 Å². The predicted octanol–water partition coefficient (Wildman–Crippen LogP) is 5.94. The average molecular weight is 476 g/mol. The Balaban J connectivity index is 1.44. The molecule has 0 amide bonds. The highest BCUT2D eigenvalue weighted by Gasteiger charge is 2.18. The van der Waals surface area contributed by atoms with E-state index in [4.69, 9.17) is 20.9 Å². The van der Waals surface area contributed by atoms with Crippen molar-refractivity contribution >= 4 is 23.4 Å². The number of hydrogen-bond donors (Lipinski definition) is 0. The molecule has 0 unspecified atom stereocenters. The van der Waals surface area contributed by atoms with Crippen molar-refractivity contribution in [2.75, 3.05) is 7.11 Å². The molecule has 3 aromatic carbocycles. The van der Waals surface area contributed by atoms with Gasteiger partial charge in [-0.05, 0) is 36.4 Å². The van der Waals surface area contributed by atoms with Crippen molar-refractivity contribution < 1.29 is 9.26 Å². The van der Waals surface area contributed by atoms with E-state index in [0.29, 0.717) is 33.4 Å². The van der Waals surface area contributed by atoms with E-state index >= 15 is 0 Å². The third kappa shape index (κ3) is 4.48. The Morgan fingerprint density at radius 3 is 2.48 bits per heavy atom. The molecule has 33 heavy (non-hydrogen) atoms. The number of benzene rings is 3. The summed E-state index contributed by atoms with van der Waals surface area (Å²) in [7, 11) is 1.61. The van der Waals surface area contributed by atoms with Crippen molar-refractivity contribution in [3.63, 3.8) is 0 Å². The van der Waals surface area contributed by atoms with Gasteiger partial charge in [0.25, 0.3) is 0 Å². The number of ether oxygens (including phenoxy) is 1. The van der Waals surface area contributed by atoms with Gasteiger partial charge in [0.15, 0.2) is 11.0 Å². The molecule has 5 rings (SSSR count). The second-order valence-corrected chi connectivity index (χ2v) is 8.36. The van der Waals surface area contributed by atoms with Crippen molar-refractivity contribution in [1.82, 2.24) is 24.9 Å². The number of rotatable bonds is 7. The zero-order valence-corrected chi connectivity index (χ0v) is 19.1. The summed E-state index contributed by atoms with van der Waals surface area (Å²) in [4.78, 5) is 4.53. The summed E-state index contributed by atoms with van der Waals surface area (Å²) in [6, 6.07) is 25.0. The third-order valence-electron chi connectivity index (χ3n) is 4.89. The van der Waals surface area contributed by atoms with Gasteiger partial charge in [-0.3, -0.25) is 4.57 Å². The lowest BCUT2D eigenvalue weighted by Gasteiger charge is -2.10. The normalized spacial score (nSPS) is 11.0. The lowest BCUT2D eigenvalue weighted by molar-refractivity contribution is 0.390. The summed E-state index contributed by atoms with van der Waals surface area (Å²) in [5, 5.41) is 14.4. The number of para-hydroxylation sites is 1. The van der Waals surface area contributed by atoms with E-state index in [1.807, 2.05) is 83.4 Å². The highest BCUT2D eigenvalue weighted by Crippen LogP contribution is 2.31. The first-order chi connectivity index (χ1) is 16.2. The fourth-order valence-electron chi connectivity index (χ4n) is 3.34. The molecule has 0 fully saturated rings.